The van der Waals surface area contributed by atoms with Crippen LogP contribution in [0.2, 0.25) is 0 Å². The average molecular weight is 326 g/mol. The number of fused-ring (bicyclic) bond motifs is 1. The summed E-state index contributed by atoms with van der Waals surface area (Å²) < 4.78 is 7.15. The maximum absolute atomic E-state index is 12.4. The molecule has 22 heavy (non-hydrogen) atoms. The Morgan fingerprint density at radius 2 is 2.05 bits per heavy atom. The van der Waals surface area contributed by atoms with E-state index in [1.807, 2.05) is 0 Å². The molecule has 5 nitrogen and oxygen atoms in total. The second-order valence-corrected chi connectivity index (χ2v) is 7.34. The highest BCUT2D eigenvalue weighted by atomic mass is 35.5. The Kier molecular flexibility index (Phi) is 4.91. The highest BCUT2D eigenvalue weighted by Gasteiger charge is 2.44. The summed E-state index contributed by atoms with van der Waals surface area (Å²) in [5, 5.41) is 9.09. The zero-order chi connectivity index (χ0) is 15.7. The minimum atomic E-state index is -0.261. The number of hydrogen-bond acceptors (Lipinski definition) is 4. The van der Waals surface area contributed by atoms with Gasteiger partial charge in [-0.1, -0.05) is 0 Å². The lowest BCUT2D eigenvalue weighted by Crippen LogP contribution is -2.42. The lowest BCUT2D eigenvalue weighted by atomic mass is 10.0. The third-order valence-corrected chi connectivity index (χ3v) is 6.08. The van der Waals surface area contributed by atoms with E-state index < -0.39 is 0 Å². The molecule has 5 atom stereocenters. The van der Waals surface area contributed by atoms with E-state index >= 15 is 0 Å². The molecule has 3 aliphatic rings. The van der Waals surface area contributed by atoms with Crippen molar-refractivity contribution in [1.29, 1.82) is 5.26 Å². The summed E-state index contributed by atoms with van der Waals surface area (Å²) in [6.07, 6.45) is 6.47. The molecule has 6 heteroatoms. The fraction of sp³-hybridized carbons (Fsp3) is 0.875. The van der Waals surface area contributed by atoms with Crippen molar-refractivity contribution in [3.05, 3.63) is 0 Å². The van der Waals surface area contributed by atoms with Gasteiger partial charge in [-0.05, 0) is 62.1 Å². The number of halogens is 1. The first-order chi connectivity index (χ1) is 10.6. The molecule has 1 amide bonds. The van der Waals surface area contributed by atoms with Crippen molar-refractivity contribution < 1.29 is 9.53 Å². The molecule has 0 radical (unpaired) electrons. The van der Waals surface area contributed by atoms with Gasteiger partial charge in [0.15, 0.2) is 0 Å². The first-order valence-corrected chi connectivity index (χ1v) is 8.60. The van der Waals surface area contributed by atoms with Gasteiger partial charge in [0.1, 0.15) is 6.04 Å². The number of nitrogens with zero attached hydrogens (tertiary/aromatic N) is 3. The van der Waals surface area contributed by atoms with E-state index in [0.29, 0.717) is 24.5 Å². The fourth-order valence-corrected chi connectivity index (χ4v) is 4.76. The van der Waals surface area contributed by atoms with E-state index in [9.17, 15) is 4.79 Å². The maximum atomic E-state index is 12.4. The van der Waals surface area contributed by atoms with Crippen molar-refractivity contribution >= 4 is 17.7 Å². The van der Waals surface area contributed by atoms with E-state index in [1.165, 1.54) is 0 Å². The van der Waals surface area contributed by atoms with Crippen LogP contribution < -0.4 is 0 Å². The molecule has 0 aromatic rings. The van der Waals surface area contributed by atoms with Crippen molar-refractivity contribution in [3.63, 3.8) is 0 Å². The average Bonchev–Trinajstić information content (AvgIpc) is 3.19. The minimum absolute atomic E-state index is 0.00845. The van der Waals surface area contributed by atoms with Crippen molar-refractivity contribution in [2.24, 2.45) is 11.8 Å². The first-order valence-electron chi connectivity index (χ1n) is 8.26. The number of ether oxygens (including phenoxy) is 1. The Balaban J connectivity index is 1.50. The Morgan fingerprint density at radius 3 is 2.64 bits per heavy atom. The van der Waals surface area contributed by atoms with Crippen LogP contribution in [0.25, 0.3) is 0 Å². The molecular weight excluding hydrogens is 302 g/mol. The highest BCUT2D eigenvalue weighted by Crippen LogP contribution is 2.46. The summed E-state index contributed by atoms with van der Waals surface area (Å²) in [6.45, 7) is 0.908. The quantitative estimate of drug-likeness (QED) is 0.743. The van der Waals surface area contributed by atoms with Crippen LogP contribution in [0, 0.1) is 23.2 Å². The number of methoxy groups -OCH3 is 1. The van der Waals surface area contributed by atoms with Gasteiger partial charge < -0.3 is 9.64 Å². The fourth-order valence-electron chi connectivity index (χ4n) is 4.50. The molecule has 0 spiro atoms. The summed E-state index contributed by atoms with van der Waals surface area (Å²) in [7, 11) is 1.79. The van der Waals surface area contributed by atoms with Crippen molar-refractivity contribution in [3.8, 4) is 6.07 Å². The first kappa shape index (κ1) is 16.0. The molecule has 1 saturated heterocycles. The van der Waals surface area contributed by atoms with Crippen LogP contribution in [0.15, 0.2) is 0 Å². The molecular formula is C16H24ClN3O2. The third-order valence-electron chi connectivity index (χ3n) is 5.69. The zero-order valence-electron chi connectivity index (χ0n) is 13.1. The number of hydrogen-bond donors (Lipinski definition) is 0. The molecule has 3 fully saturated rings. The standard InChI is InChI=1S/C16H24ClN3O2/c1-22-15-7-11-5-14(6-12(11)8-15)20(17)10-16(21)19-4-2-3-13(19)9-18/h11-15H,2-8,10H2,1H3/t11-,12+,13-,14?,15+/m0/s1. The summed E-state index contributed by atoms with van der Waals surface area (Å²) in [6, 6.07) is 2.23. The van der Waals surface area contributed by atoms with E-state index in [1.54, 1.807) is 16.4 Å². The van der Waals surface area contributed by atoms with Crippen LogP contribution in [0.1, 0.15) is 38.5 Å². The molecule has 0 aromatic carbocycles. The predicted octanol–water partition coefficient (Wildman–Crippen LogP) is 2.16. The predicted molar refractivity (Wildman–Crippen MR) is 82.9 cm³/mol. The molecule has 0 bridgehead atoms. The van der Waals surface area contributed by atoms with Crippen LogP contribution >= 0.6 is 11.8 Å². The Hall–Kier alpha value is -0.830. The van der Waals surface area contributed by atoms with Gasteiger partial charge in [0, 0.05) is 19.7 Å². The lowest BCUT2D eigenvalue weighted by molar-refractivity contribution is -0.131. The number of nitriles is 1. The van der Waals surface area contributed by atoms with Crippen molar-refractivity contribution in [1.82, 2.24) is 9.32 Å². The van der Waals surface area contributed by atoms with Crippen molar-refractivity contribution in [2.45, 2.75) is 56.7 Å². The van der Waals surface area contributed by atoms with Crippen LogP contribution in [0.4, 0.5) is 0 Å². The van der Waals surface area contributed by atoms with Gasteiger partial charge in [0.05, 0.1) is 18.7 Å². The second kappa shape index (κ2) is 6.74. The van der Waals surface area contributed by atoms with Crippen LogP contribution in [-0.2, 0) is 9.53 Å². The normalized spacial score (nSPS) is 37.5. The van der Waals surface area contributed by atoms with E-state index in [2.05, 4.69) is 6.07 Å². The molecule has 3 rings (SSSR count). The van der Waals surface area contributed by atoms with Gasteiger partial charge in [-0.2, -0.15) is 5.26 Å². The number of amides is 1. The monoisotopic (exact) mass is 325 g/mol. The Bertz CT molecular complexity index is 453. The molecule has 1 aliphatic heterocycles. The molecule has 1 unspecified atom stereocenters. The van der Waals surface area contributed by atoms with Gasteiger partial charge in [0.2, 0.25) is 5.91 Å². The van der Waals surface area contributed by atoms with E-state index in [-0.39, 0.29) is 24.5 Å². The summed E-state index contributed by atoms with van der Waals surface area (Å²) >= 11 is 6.40. The van der Waals surface area contributed by atoms with E-state index in [0.717, 1.165) is 38.5 Å². The molecule has 0 N–H and O–H groups in total. The summed E-state index contributed by atoms with van der Waals surface area (Å²) in [5.41, 5.74) is 0. The Morgan fingerprint density at radius 1 is 1.36 bits per heavy atom. The van der Waals surface area contributed by atoms with Gasteiger partial charge >= 0.3 is 0 Å². The van der Waals surface area contributed by atoms with Crippen LogP contribution in [-0.4, -0.2) is 53.6 Å². The van der Waals surface area contributed by atoms with Gasteiger partial charge in [-0.15, -0.1) is 0 Å². The largest absolute Gasteiger partial charge is 0.381 e. The summed E-state index contributed by atoms with van der Waals surface area (Å²) in [4.78, 5) is 14.0. The van der Waals surface area contributed by atoms with Crippen LogP contribution in [0.3, 0.4) is 0 Å². The number of carbonyl (C=O) groups is 1. The SMILES string of the molecule is CO[C@H]1C[C@H]2CC(N(Cl)CC(=O)N3CCC[C@H]3C#N)C[C@H]2C1. The molecule has 2 aliphatic carbocycles. The number of likely N-dealkylation sites (tertiary alicyclic amines) is 1. The molecule has 0 aromatic heterocycles. The van der Waals surface area contributed by atoms with Crippen molar-refractivity contribution in [2.75, 3.05) is 20.2 Å². The smallest absolute Gasteiger partial charge is 0.239 e. The van der Waals surface area contributed by atoms with E-state index in [4.69, 9.17) is 21.8 Å². The Labute approximate surface area is 137 Å². The number of rotatable bonds is 4. The second-order valence-electron chi connectivity index (χ2n) is 6.91. The maximum Gasteiger partial charge on any atom is 0.239 e. The minimum Gasteiger partial charge on any atom is -0.381 e. The lowest BCUT2D eigenvalue weighted by Gasteiger charge is -2.26. The van der Waals surface area contributed by atoms with Gasteiger partial charge in [0.25, 0.3) is 0 Å². The molecule has 122 valence electrons. The van der Waals surface area contributed by atoms with Gasteiger partial charge in [-0.25, -0.2) is 4.42 Å². The highest BCUT2D eigenvalue weighted by molar-refractivity contribution is 6.14. The molecule has 1 heterocycles. The third kappa shape index (κ3) is 3.10. The number of carbonyl (C=O) groups excluding carboxylic acids is 1. The zero-order valence-corrected chi connectivity index (χ0v) is 13.8. The summed E-state index contributed by atoms with van der Waals surface area (Å²) in [5.74, 6) is 1.36. The van der Waals surface area contributed by atoms with Gasteiger partial charge in [-0.3, -0.25) is 4.79 Å². The topological polar surface area (TPSA) is 56.6 Å². The van der Waals surface area contributed by atoms with Crippen LogP contribution in [0.5, 0.6) is 0 Å². The molecule has 2 saturated carbocycles.